The van der Waals surface area contributed by atoms with E-state index in [2.05, 4.69) is 0 Å². The highest BCUT2D eigenvalue weighted by molar-refractivity contribution is 5.98. The van der Waals surface area contributed by atoms with Crippen LogP contribution in [-0.4, -0.2) is 36.5 Å². The van der Waals surface area contributed by atoms with Gasteiger partial charge in [0, 0.05) is 18.2 Å². The number of carbonyl (C=O) groups excluding carboxylic acids is 2. The summed E-state index contributed by atoms with van der Waals surface area (Å²) >= 11 is 0. The Labute approximate surface area is 119 Å². The number of ether oxygens (including phenoxy) is 1. The van der Waals surface area contributed by atoms with Gasteiger partial charge in [-0.05, 0) is 38.0 Å². The molecule has 0 spiro atoms. The minimum atomic E-state index is -0.413. The normalized spacial score (nSPS) is 15.1. The SMILES string of the molecule is CCN(C(=O)c1cccc(C(=O)OC)c1)C1CCCC1. The van der Waals surface area contributed by atoms with E-state index in [0.29, 0.717) is 23.7 Å². The molecule has 0 N–H and O–H groups in total. The summed E-state index contributed by atoms with van der Waals surface area (Å²) in [4.78, 5) is 26.1. The second kappa shape index (κ2) is 6.55. The predicted octanol–water partition coefficient (Wildman–Crippen LogP) is 2.88. The highest BCUT2D eigenvalue weighted by Gasteiger charge is 2.26. The van der Waals surface area contributed by atoms with Crippen molar-refractivity contribution in [2.75, 3.05) is 13.7 Å². The van der Waals surface area contributed by atoms with Crippen LogP contribution in [0.25, 0.3) is 0 Å². The molecule has 1 aromatic rings. The highest BCUT2D eigenvalue weighted by Crippen LogP contribution is 2.25. The number of amides is 1. The standard InChI is InChI=1S/C16H21NO3/c1-3-17(14-9-4-5-10-14)15(18)12-7-6-8-13(11-12)16(19)20-2/h6-8,11,14H,3-5,9-10H2,1-2H3. The lowest BCUT2D eigenvalue weighted by atomic mass is 10.1. The maximum absolute atomic E-state index is 12.6. The molecule has 108 valence electrons. The van der Waals surface area contributed by atoms with Gasteiger partial charge in [0.25, 0.3) is 5.91 Å². The number of rotatable bonds is 4. The van der Waals surface area contributed by atoms with Gasteiger partial charge in [-0.1, -0.05) is 18.9 Å². The summed E-state index contributed by atoms with van der Waals surface area (Å²) in [5, 5.41) is 0. The molecule has 0 aromatic heterocycles. The molecule has 0 radical (unpaired) electrons. The average Bonchev–Trinajstić information content (AvgIpc) is 3.01. The van der Waals surface area contributed by atoms with Crippen LogP contribution in [0, 0.1) is 0 Å². The first-order chi connectivity index (χ1) is 9.67. The third kappa shape index (κ3) is 3.00. The first-order valence-corrected chi connectivity index (χ1v) is 7.16. The Morgan fingerprint density at radius 1 is 1.25 bits per heavy atom. The van der Waals surface area contributed by atoms with E-state index in [9.17, 15) is 9.59 Å². The highest BCUT2D eigenvalue weighted by atomic mass is 16.5. The molecule has 1 fully saturated rings. The largest absolute Gasteiger partial charge is 0.465 e. The van der Waals surface area contributed by atoms with Gasteiger partial charge in [-0.2, -0.15) is 0 Å². The molecule has 0 unspecified atom stereocenters. The molecule has 1 saturated carbocycles. The summed E-state index contributed by atoms with van der Waals surface area (Å²) in [6.07, 6.45) is 4.54. The smallest absolute Gasteiger partial charge is 0.337 e. The molecule has 0 saturated heterocycles. The first kappa shape index (κ1) is 14.6. The van der Waals surface area contributed by atoms with Crippen LogP contribution in [0.5, 0.6) is 0 Å². The second-order valence-corrected chi connectivity index (χ2v) is 5.10. The first-order valence-electron chi connectivity index (χ1n) is 7.16. The van der Waals surface area contributed by atoms with Gasteiger partial charge in [0.1, 0.15) is 0 Å². The van der Waals surface area contributed by atoms with Crippen molar-refractivity contribution in [3.8, 4) is 0 Å². The van der Waals surface area contributed by atoms with Crippen LogP contribution in [0.4, 0.5) is 0 Å². The van der Waals surface area contributed by atoms with Crippen LogP contribution >= 0.6 is 0 Å². The van der Waals surface area contributed by atoms with E-state index in [1.807, 2.05) is 11.8 Å². The molecule has 1 aliphatic carbocycles. The van der Waals surface area contributed by atoms with E-state index in [0.717, 1.165) is 12.8 Å². The molecule has 1 aliphatic rings. The zero-order chi connectivity index (χ0) is 14.5. The molecule has 4 heteroatoms. The van der Waals surface area contributed by atoms with E-state index < -0.39 is 5.97 Å². The van der Waals surface area contributed by atoms with Crippen LogP contribution < -0.4 is 0 Å². The zero-order valence-corrected chi connectivity index (χ0v) is 12.1. The Morgan fingerprint density at radius 2 is 1.90 bits per heavy atom. The summed E-state index contributed by atoms with van der Waals surface area (Å²) in [6, 6.07) is 7.10. The van der Waals surface area contributed by atoms with Gasteiger partial charge in [-0.15, -0.1) is 0 Å². The van der Waals surface area contributed by atoms with Crippen molar-refractivity contribution in [2.45, 2.75) is 38.6 Å². The average molecular weight is 275 g/mol. The van der Waals surface area contributed by atoms with Gasteiger partial charge < -0.3 is 9.64 Å². The zero-order valence-electron chi connectivity index (χ0n) is 12.1. The summed E-state index contributed by atoms with van der Waals surface area (Å²) < 4.78 is 4.69. The fourth-order valence-corrected chi connectivity index (χ4v) is 2.85. The van der Waals surface area contributed by atoms with E-state index in [4.69, 9.17) is 4.74 Å². The van der Waals surface area contributed by atoms with Gasteiger partial charge in [0.15, 0.2) is 0 Å². The number of methoxy groups -OCH3 is 1. The minimum Gasteiger partial charge on any atom is -0.465 e. The van der Waals surface area contributed by atoms with Crippen molar-refractivity contribution in [3.05, 3.63) is 35.4 Å². The van der Waals surface area contributed by atoms with E-state index >= 15 is 0 Å². The monoisotopic (exact) mass is 275 g/mol. The van der Waals surface area contributed by atoms with Gasteiger partial charge in [0.2, 0.25) is 0 Å². The van der Waals surface area contributed by atoms with E-state index in [-0.39, 0.29) is 5.91 Å². The van der Waals surface area contributed by atoms with Crippen molar-refractivity contribution in [1.82, 2.24) is 4.90 Å². The lowest BCUT2D eigenvalue weighted by Gasteiger charge is -2.27. The summed E-state index contributed by atoms with van der Waals surface area (Å²) in [7, 11) is 1.34. The third-order valence-corrected chi connectivity index (χ3v) is 3.90. The molecule has 0 aliphatic heterocycles. The van der Waals surface area contributed by atoms with Crippen molar-refractivity contribution < 1.29 is 14.3 Å². The Kier molecular flexibility index (Phi) is 4.77. The number of hydrogen-bond donors (Lipinski definition) is 0. The van der Waals surface area contributed by atoms with Crippen LogP contribution in [0.2, 0.25) is 0 Å². The number of benzene rings is 1. The van der Waals surface area contributed by atoms with Crippen molar-refractivity contribution in [1.29, 1.82) is 0 Å². The Hall–Kier alpha value is -1.84. The Bertz CT molecular complexity index is 492. The van der Waals surface area contributed by atoms with Gasteiger partial charge in [-0.25, -0.2) is 4.79 Å². The van der Waals surface area contributed by atoms with Gasteiger partial charge in [-0.3, -0.25) is 4.79 Å². The lowest BCUT2D eigenvalue weighted by Crippen LogP contribution is -2.38. The van der Waals surface area contributed by atoms with Crippen molar-refractivity contribution in [3.63, 3.8) is 0 Å². The van der Waals surface area contributed by atoms with Gasteiger partial charge in [0.05, 0.1) is 12.7 Å². The number of esters is 1. The minimum absolute atomic E-state index is 0.00477. The lowest BCUT2D eigenvalue weighted by molar-refractivity contribution is 0.0600. The molecular formula is C16H21NO3. The molecule has 1 aromatic carbocycles. The van der Waals surface area contributed by atoms with E-state index in [1.54, 1.807) is 24.3 Å². The molecule has 4 nitrogen and oxygen atoms in total. The molecule has 2 rings (SSSR count). The topological polar surface area (TPSA) is 46.6 Å². The van der Waals surface area contributed by atoms with Crippen LogP contribution in [0.15, 0.2) is 24.3 Å². The summed E-state index contributed by atoms with van der Waals surface area (Å²) in [6.45, 7) is 2.70. The summed E-state index contributed by atoms with van der Waals surface area (Å²) in [5.41, 5.74) is 0.975. The third-order valence-electron chi connectivity index (χ3n) is 3.90. The molecule has 1 amide bonds. The fourth-order valence-electron chi connectivity index (χ4n) is 2.85. The summed E-state index contributed by atoms with van der Waals surface area (Å²) in [5.74, 6) is -0.409. The maximum atomic E-state index is 12.6. The van der Waals surface area contributed by atoms with Crippen molar-refractivity contribution >= 4 is 11.9 Å². The van der Waals surface area contributed by atoms with Crippen molar-refractivity contribution in [2.24, 2.45) is 0 Å². The molecule has 20 heavy (non-hydrogen) atoms. The number of nitrogens with zero attached hydrogens (tertiary/aromatic N) is 1. The molecule has 0 heterocycles. The maximum Gasteiger partial charge on any atom is 0.337 e. The Balaban J connectivity index is 2.20. The van der Waals surface area contributed by atoms with Crippen LogP contribution in [-0.2, 0) is 4.74 Å². The fraction of sp³-hybridized carbons (Fsp3) is 0.500. The second-order valence-electron chi connectivity index (χ2n) is 5.10. The molecular weight excluding hydrogens is 254 g/mol. The van der Waals surface area contributed by atoms with E-state index in [1.165, 1.54) is 20.0 Å². The Morgan fingerprint density at radius 3 is 2.50 bits per heavy atom. The van der Waals surface area contributed by atoms with Crippen LogP contribution in [0.3, 0.4) is 0 Å². The molecule has 0 atom stereocenters. The molecule has 0 bridgehead atoms. The predicted molar refractivity (Wildman–Crippen MR) is 76.7 cm³/mol. The number of hydrogen-bond acceptors (Lipinski definition) is 3. The number of carbonyl (C=O) groups is 2. The van der Waals surface area contributed by atoms with Gasteiger partial charge >= 0.3 is 5.97 Å². The quantitative estimate of drug-likeness (QED) is 0.794. The van der Waals surface area contributed by atoms with Crippen LogP contribution in [0.1, 0.15) is 53.3 Å².